The molecule has 1 saturated heterocycles. The minimum atomic E-state index is -0.343. The summed E-state index contributed by atoms with van der Waals surface area (Å²) in [5.41, 5.74) is 0. The third-order valence-electron chi connectivity index (χ3n) is 4.29. The van der Waals surface area contributed by atoms with Gasteiger partial charge in [0, 0.05) is 12.1 Å². The topological polar surface area (TPSA) is 52.6 Å². The van der Waals surface area contributed by atoms with E-state index in [1.165, 1.54) is 12.8 Å². The predicted molar refractivity (Wildman–Crippen MR) is 71.3 cm³/mol. The largest absolute Gasteiger partial charge is 0.392 e. The maximum atomic E-state index is 12.0. The van der Waals surface area contributed by atoms with Crippen molar-refractivity contribution in [1.29, 1.82) is 0 Å². The number of hydrogen-bond acceptors (Lipinski definition) is 3. The van der Waals surface area contributed by atoms with Crippen LogP contribution in [0, 0.1) is 0 Å². The Bertz CT molecular complexity index is 275. The Morgan fingerprint density at radius 1 is 1.28 bits per heavy atom. The molecule has 0 aromatic heterocycles. The maximum absolute atomic E-state index is 12.0. The Balaban J connectivity index is 1.80. The van der Waals surface area contributed by atoms with Gasteiger partial charge in [-0.3, -0.25) is 9.69 Å². The van der Waals surface area contributed by atoms with E-state index in [-0.39, 0.29) is 18.1 Å². The first-order valence-corrected chi connectivity index (χ1v) is 7.38. The van der Waals surface area contributed by atoms with Crippen molar-refractivity contribution in [1.82, 2.24) is 10.2 Å². The van der Waals surface area contributed by atoms with Gasteiger partial charge in [0.2, 0.25) is 5.91 Å². The van der Waals surface area contributed by atoms with Crippen molar-refractivity contribution in [2.24, 2.45) is 0 Å². The fourth-order valence-electron chi connectivity index (χ4n) is 3.29. The normalized spacial score (nSPS) is 28.2. The van der Waals surface area contributed by atoms with E-state index in [2.05, 4.69) is 10.2 Å². The Labute approximate surface area is 110 Å². The van der Waals surface area contributed by atoms with Crippen molar-refractivity contribution < 1.29 is 9.90 Å². The molecule has 1 saturated carbocycles. The second-order valence-corrected chi connectivity index (χ2v) is 5.82. The molecule has 18 heavy (non-hydrogen) atoms. The summed E-state index contributed by atoms with van der Waals surface area (Å²) < 4.78 is 0. The Kier molecular flexibility index (Phi) is 5.01. The quantitative estimate of drug-likeness (QED) is 0.794. The second kappa shape index (κ2) is 6.53. The number of carbonyl (C=O) groups is 1. The van der Waals surface area contributed by atoms with E-state index in [0.717, 1.165) is 38.6 Å². The molecule has 4 heteroatoms. The lowest BCUT2D eigenvalue weighted by molar-refractivity contribution is -0.124. The van der Waals surface area contributed by atoms with Gasteiger partial charge < -0.3 is 10.4 Å². The van der Waals surface area contributed by atoms with E-state index in [1.807, 2.05) is 6.92 Å². The molecule has 0 spiro atoms. The molecule has 0 radical (unpaired) electrons. The number of aliphatic hydroxyl groups is 1. The fraction of sp³-hybridized carbons (Fsp3) is 0.929. The molecular weight excluding hydrogens is 228 g/mol. The monoisotopic (exact) mass is 254 g/mol. The fourth-order valence-corrected chi connectivity index (χ4v) is 3.29. The van der Waals surface area contributed by atoms with Crippen LogP contribution < -0.4 is 5.32 Å². The van der Waals surface area contributed by atoms with Crippen molar-refractivity contribution in [2.75, 3.05) is 13.1 Å². The van der Waals surface area contributed by atoms with Gasteiger partial charge in [-0.05, 0) is 39.2 Å². The van der Waals surface area contributed by atoms with Gasteiger partial charge in [-0.1, -0.05) is 19.3 Å². The minimum Gasteiger partial charge on any atom is -0.392 e. The molecule has 1 aliphatic carbocycles. The van der Waals surface area contributed by atoms with Crippen LogP contribution in [-0.2, 0) is 4.79 Å². The smallest absolute Gasteiger partial charge is 0.234 e. The van der Waals surface area contributed by atoms with Crippen LogP contribution in [-0.4, -0.2) is 47.2 Å². The number of amides is 1. The summed E-state index contributed by atoms with van der Waals surface area (Å²) in [6.07, 6.45) is 7.71. The number of piperidine rings is 1. The molecule has 2 aliphatic rings. The first-order valence-electron chi connectivity index (χ1n) is 7.38. The SMILES string of the molecule is C[C@@H](O)[C@H]1CCCCN1CC(=O)NC1CCCC1. The van der Waals surface area contributed by atoms with E-state index in [9.17, 15) is 9.90 Å². The van der Waals surface area contributed by atoms with Gasteiger partial charge in [0.15, 0.2) is 0 Å². The molecule has 2 fully saturated rings. The van der Waals surface area contributed by atoms with Gasteiger partial charge in [-0.2, -0.15) is 0 Å². The lowest BCUT2D eigenvalue weighted by atomic mass is 9.98. The van der Waals surface area contributed by atoms with Crippen molar-refractivity contribution in [3.8, 4) is 0 Å². The van der Waals surface area contributed by atoms with E-state index in [0.29, 0.717) is 12.6 Å². The summed E-state index contributed by atoms with van der Waals surface area (Å²) in [7, 11) is 0. The van der Waals surface area contributed by atoms with Gasteiger partial charge in [0.1, 0.15) is 0 Å². The highest BCUT2D eigenvalue weighted by Crippen LogP contribution is 2.20. The number of hydrogen-bond donors (Lipinski definition) is 2. The third kappa shape index (κ3) is 3.69. The van der Waals surface area contributed by atoms with Gasteiger partial charge in [-0.25, -0.2) is 0 Å². The maximum Gasteiger partial charge on any atom is 0.234 e. The summed E-state index contributed by atoms with van der Waals surface area (Å²) in [4.78, 5) is 14.2. The first kappa shape index (κ1) is 13.8. The molecule has 2 N–H and O–H groups in total. The average molecular weight is 254 g/mol. The van der Waals surface area contributed by atoms with Crippen LogP contribution in [0.25, 0.3) is 0 Å². The highest BCUT2D eigenvalue weighted by molar-refractivity contribution is 5.78. The number of nitrogens with one attached hydrogen (secondary N) is 1. The summed E-state index contributed by atoms with van der Waals surface area (Å²) in [5, 5.41) is 12.9. The third-order valence-corrected chi connectivity index (χ3v) is 4.29. The lowest BCUT2D eigenvalue weighted by Gasteiger charge is -2.37. The average Bonchev–Trinajstić information content (AvgIpc) is 2.82. The van der Waals surface area contributed by atoms with Crippen molar-refractivity contribution >= 4 is 5.91 Å². The van der Waals surface area contributed by atoms with Crippen LogP contribution in [0.15, 0.2) is 0 Å². The molecule has 4 nitrogen and oxygen atoms in total. The van der Waals surface area contributed by atoms with E-state index in [4.69, 9.17) is 0 Å². The zero-order valence-electron chi connectivity index (χ0n) is 11.4. The van der Waals surface area contributed by atoms with Crippen LogP contribution in [0.3, 0.4) is 0 Å². The Morgan fingerprint density at radius 3 is 2.61 bits per heavy atom. The van der Waals surface area contributed by atoms with Gasteiger partial charge in [0.05, 0.1) is 12.6 Å². The molecule has 0 aromatic carbocycles. The van der Waals surface area contributed by atoms with Crippen LogP contribution in [0.2, 0.25) is 0 Å². The summed E-state index contributed by atoms with van der Waals surface area (Å²) in [5.74, 6) is 0.134. The zero-order valence-corrected chi connectivity index (χ0v) is 11.4. The summed E-state index contributed by atoms with van der Waals surface area (Å²) in [6, 6.07) is 0.556. The zero-order chi connectivity index (χ0) is 13.0. The number of nitrogens with zero attached hydrogens (tertiary/aromatic N) is 1. The number of aliphatic hydroxyl groups excluding tert-OH is 1. The molecule has 104 valence electrons. The minimum absolute atomic E-state index is 0.134. The molecular formula is C14H26N2O2. The number of likely N-dealkylation sites (tertiary alicyclic amines) is 1. The molecule has 2 atom stereocenters. The number of rotatable bonds is 4. The van der Waals surface area contributed by atoms with Crippen LogP contribution in [0.4, 0.5) is 0 Å². The van der Waals surface area contributed by atoms with Gasteiger partial charge in [0.25, 0.3) is 0 Å². The van der Waals surface area contributed by atoms with Crippen molar-refractivity contribution in [2.45, 2.75) is 70.1 Å². The molecule has 1 amide bonds. The van der Waals surface area contributed by atoms with E-state index < -0.39 is 0 Å². The second-order valence-electron chi connectivity index (χ2n) is 5.82. The van der Waals surface area contributed by atoms with Crippen LogP contribution in [0.5, 0.6) is 0 Å². The van der Waals surface area contributed by atoms with Crippen molar-refractivity contribution in [3.05, 3.63) is 0 Å². The lowest BCUT2D eigenvalue weighted by Crippen LogP contribution is -2.50. The Morgan fingerprint density at radius 2 is 1.94 bits per heavy atom. The van der Waals surface area contributed by atoms with E-state index >= 15 is 0 Å². The molecule has 1 aliphatic heterocycles. The highest BCUT2D eigenvalue weighted by atomic mass is 16.3. The first-order chi connectivity index (χ1) is 8.66. The Hall–Kier alpha value is -0.610. The summed E-state index contributed by atoms with van der Waals surface area (Å²) in [6.45, 7) is 3.22. The predicted octanol–water partition coefficient (Wildman–Crippen LogP) is 1.28. The van der Waals surface area contributed by atoms with Gasteiger partial charge >= 0.3 is 0 Å². The molecule has 0 bridgehead atoms. The highest BCUT2D eigenvalue weighted by Gasteiger charge is 2.28. The van der Waals surface area contributed by atoms with Crippen molar-refractivity contribution in [3.63, 3.8) is 0 Å². The van der Waals surface area contributed by atoms with E-state index in [1.54, 1.807) is 0 Å². The molecule has 0 aromatic rings. The van der Waals surface area contributed by atoms with Crippen LogP contribution >= 0.6 is 0 Å². The standard InChI is InChI=1S/C14H26N2O2/c1-11(17)13-8-4-5-9-16(13)10-14(18)15-12-6-2-3-7-12/h11-13,17H,2-10H2,1H3,(H,15,18)/t11-,13-/m1/s1. The number of carbonyl (C=O) groups excluding carboxylic acids is 1. The molecule has 2 rings (SSSR count). The van der Waals surface area contributed by atoms with Crippen LogP contribution in [0.1, 0.15) is 51.9 Å². The summed E-state index contributed by atoms with van der Waals surface area (Å²) >= 11 is 0. The molecule has 0 unspecified atom stereocenters. The molecule has 1 heterocycles. The van der Waals surface area contributed by atoms with Gasteiger partial charge in [-0.15, -0.1) is 0 Å².